The van der Waals surface area contributed by atoms with Gasteiger partial charge in [0.15, 0.2) is 5.13 Å². The van der Waals surface area contributed by atoms with Gasteiger partial charge in [0, 0.05) is 32.6 Å². The fourth-order valence-electron chi connectivity index (χ4n) is 3.71. The number of aryl methyl sites for hydroxylation is 3. The second-order valence-corrected chi connectivity index (χ2v) is 8.89. The van der Waals surface area contributed by atoms with Gasteiger partial charge in [-0.25, -0.2) is 4.98 Å². The highest BCUT2D eigenvalue weighted by atomic mass is 32.1. The SMILES string of the molecule is Cc1cc2nc(N(CCN3CCOCC3)C(=O)CCc3ccccc3)sc2cc1C. The number of fused-ring (bicyclic) bond motifs is 1. The molecule has 0 atom stereocenters. The lowest BCUT2D eigenvalue weighted by molar-refractivity contribution is -0.118. The predicted octanol–water partition coefficient (Wildman–Crippen LogP) is 4.21. The van der Waals surface area contributed by atoms with E-state index >= 15 is 0 Å². The van der Waals surface area contributed by atoms with Gasteiger partial charge in [0.1, 0.15) is 0 Å². The maximum Gasteiger partial charge on any atom is 0.229 e. The zero-order valence-corrected chi connectivity index (χ0v) is 18.6. The molecule has 2 aromatic carbocycles. The molecule has 5 nitrogen and oxygen atoms in total. The Morgan fingerprint density at radius 3 is 2.63 bits per heavy atom. The lowest BCUT2D eigenvalue weighted by atomic mass is 10.1. The number of carbonyl (C=O) groups excluding carboxylic acids is 1. The highest BCUT2D eigenvalue weighted by molar-refractivity contribution is 7.22. The summed E-state index contributed by atoms with van der Waals surface area (Å²) in [5, 5.41) is 0.807. The third-order valence-electron chi connectivity index (χ3n) is 5.74. The van der Waals surface area contributed by atoms with Gasteiger partial charge in [-0.2, -0.15) is 0 Å². The molecule has 0 N–H and O–H groups in total. The van der Waals surface area contributed by atoms with Gasteiger partial charge in [-0.05, 0) is 49.1 Å². The highest BCUT2D eigenvalue weighted by Gasteiger charge is 2.21. The number of carbonyl (C=O) groups is 1. The number of anilines is 1. The van der Waals surface area contributed by atoms with Crippen molar-refractivity contribution in [2.24, 2.45) is 0 Å². The zero-order valence-electron chi connectivity index (χ0n) is 17.8. The van der Waals surface area contributed by atoms with Gasteiger partial charge in [0.25, 0.3) is 0 Å². The maximum atomic E-state index is 13.2. The average molecular weight is 424 g/mol. The first-order valence-corrected chi connectivity index (χ1v) is 11.4. The normalized spacial score (nSPS) is 14.9. The van der Waals surface area contributed by atoms with Gasteiger partial charge >= 0.3 is 0 Å². The number of amides is 1. The van der Waals surface area contributed by atoms with Crippen molar-refractivity contribution < 1.29 is 9.53 Å². The summed E-state index contributed by atoms with van der Waals surface area (Å²) in [7, 11) is 0. The van der Waals surface area contributed by atoms with E-state index < -0.39 is 0 Å². The summed E-state index contributed by atoms with van der Waals surface area (Å²) in [6.45, 7) is 9.10. The Labute approximate surface area is 182 Å². The Morgan fingerprint density at radius 1 is 1.13 bits per heavy atom. The Balaban J connectivity index is 1.53. The Bertz CT molecular complexity index is 957. The van der Waals surface area contributed by atoms with Crippen LogP contribution in [0.3, 0.4) is 0 Å². The van der Waals surface area contributed by atoms with E-state index in [9.17, 15) is 4.79 Å². The van der Waals surface area contributed by atoms with Crippen LogP contribution in [0.25, 0.3) is 10.2 Å². The van der Waals surface area contributed by atoms with E-state index in [4.69, 9.17) is 9.72 Å². The molecule has 0 saturated carbocycles. The quantitative estimate of drug-likeness (QED) is 0.571. The van der Waals surface area contributed by atoms with Gasteiger partial charge in [-0.3, -0.25) is 14.6 Å². The standard InChI is InChI=1S/C24H29N3O2S/c1-18-16-21-22(17-19(18)2)30-24(25-21)27(11-10-26-12-14-29-15-13-26)23(28)9-8-20-6-4-3-5-7-20/h3-7,16-17H,8-15H2,1-2H3. The predicted molar refractivity (Wildman–Crippen MR) is 123 cm³/mol. The van der Waals surface area contributed by atoms with Crippen molar-refractivity contribution in [2.45, 2.75) is 26.7 Å². The molecule has 1 saturated heterocycles. The van der Waals surface area contributed by atoms with Crippen molar-refractivity contribution in [1.29, 1.82) is 0 Å². The summed E-state index contributed by atoms with van der Waals surface area (Å²) < 4.78 is 6.60. The summed E-state index contributed by atoms with van der Waals surface area (Å²) in [6, 6.07) is 14.5. The van der Waals surface area contributed by atoms with Crippen LogP contribution in [-0.4, -0.2) is 55.2 Å². The van der Waals surface area contributed by atoms with Crippen LogP contribution >= 0.6 is 11.3 Å². The molecular weight excluding hydrogens is 394 g/mol. The Morgan fingerprint density at radius 2 is 1.87 bits per heavy atom. The molecule has 2 heterocycles. The largest absolute Gasteiger partial charge is 0.379 e. The molecule has 4 rings (SSSR count). The number of ether oxygens (including phenoxy) is 1. The number of thiazole rings is 1. The fourth-order valence-corrected chi connectivity index (χ4v) is 4.80. The summed E-state index contributed by atoms with van der Waals surface area (Å²) in [6.07, 6.45) is 1.23. The lowest BCUT2D eigenvalue weighted by Crippen LogP contribution is -2.43. The van der Waals surface area contributed by atoms with Crippen LogP contribution in [-0.2, 0) is 16.0 Å². The van der Waals surface area contributed by atoms with Crippen molar-refractivity contribution in [3.8, 4) is 0 Å². The molecule has 6 heteroatoms. The van der Waals surface area contributed by atoms with Crippen LogP contribution in [0, 0.1) is 13.8 Å². The van der Waals surface area contributed by atoms with Crippen LogP contribution in [0.15, 0.2) is 42.5 Å². The first-order valence-electron chi connectivity index (χ1n) is 10.6. The van der Waals surface area contributed by atoms with Crippen molar-refractivity contribution in [3.05, 3.63) is 59.2 Å². The van der Waals surface area contributed by atoms with Crippen LogP contribution in [0.5, 0.6) is 0 Å². The molecule has 1 fully saturated rings. The second-order valence-electron chi connectivity index (χ2n) is 7.89. The van der Waals surface area contributed by atoms with Crippen molar-refractivity contribution in [2.75, 3.05) is 44.3 Å². The summed E-state index contributed by atoms with van der Waals surface area (Å²) in [5.74, 6) is 0.139. The van der Waals surface area contributed by atoms with E-state index in [2.05, 4.69) is 43.0 Å². The maximum absolute atomic E-state index is 13.2. The van der Waals surface area contributed by atoms with Gasteiger partial charge in [0.2, 0.25) is 5.91 Å². The van der Waals surface area contributed by atoms with Crippen LogP contribution in [0.4, 0.5) is 5.13 Å². The minimum atomic E-state index is 0.139. The molecule has 3 aromatic rings. The third kappa shape index (κ3) is 5.06. The average Bonchev–Trinajstić information content (AvgIpc) is 3.16. The molecular formula is C24H29N3O2S. The number of nitrogens with zero attached hydrogens (tertiary/aromatic N) is 3. The lowest BCUT2D eigenvalue weighted by Gasteiger charge is -2.29. The molecule has 0 unspecified atom stereocenters. The van der Waals surface area contributed by atoms with E-state index in [1.807, 2.05) is 23.1 Å². The second kappa shape index (κ2) is 9.69. The first-order chi connectivity index (χ1) is 14.6. The first kappa shape index (κ1) is 21.0. The van der Waals surface area contributed by atoms with Gasteiger partial charge in [0.05, 0.1) is 23.4 Å². The van der Waals surface area contributed by atoms with Crippen molar-refractivity contribution in [3.63, 3.8) is 0 Å². The number of hydrogen-bond acceptors (Lipinski definition) is 5. The van der Waals surface area contributed by atoms with Crippen LogP contribution < -0.4 is 4.90 Å². The summed E-state index contributed by atoms with van der Waals surface area (Å²) in [5.41, 5.74) is 4.66. The minimum Gasteiger partial charge on any atom is -0.379 e. The van der Waals surface area contributed by atoms with Crippen LogP contribution in [0.1, 0.15) is 23.1 Å². The van der Waals surface area contributed by atoms with E-state index in [1.54, 1.807) is 11.3 Å². The molecule has 1 aromatic heterocycles. The van der Waals surface area contributed by atoms with Gasteiger partial charge in [-0.15, -0.1) is 0 Å². The van der Waals surface area contributed by atoms with Gasteiger partial charge in [-0.1, -0.05) is 41.7 Å². The molecule has 0 aliphatic carbocycles. The number of rotatable bonds is 7. The molecule has 0 radical (unpaired) electrons. The smallest absolute Gasteiger partial charge is 0.229 e. The number of hydrogen-bond donors (Lipinski definition) is 0. The fraction of sp³-hybridized carbons (Fsp3) is 0.417. The zero-order chi connectivity index (χ0) is 20.9. The molecule has 1 aliphatic heterocycles. The van der Waals surface area contributed by atoms with E-state index in [0.717, 1.165) is 54.6 Å². The molecule has 1 aliphatic rings. The summed E-state index contributed by atoms with van der Waals surface area (Å²) in [4.78, 5) is 22.3. The topological polar surface area (TPSA) is 45.7 Å². The summed E-state index contributed by atoms with van der Waals surface area (Å²) >= 11 is 1.62. The molecule has 0 bridgehead atoms. The van der Waals surface area contributed by atoms with E-state index in [-0.39, 0.29) is 5.91 Å². The van der Waals surface area contributed by atoms with Crippen molar-refractivity contribution in [1.82, 2.24) is 9.88 Å². The Hall–Kier alpha value is -2.28. The highest BCUT2D eigenvalue weighted by Crippen LogP contribution is 2.31. The molecule has 30 heavy (non-hydrogen) atoms. The number of benzene rings is 2. The van der Waals surface area contributed by atoms with Crippen LogP contribution in [0.2, 0.25) is 0 Å². The van der Waals surface area contributed by atoms with Gasteiger partial charge < -0.3 is 4.74 Å². The van der Waals surface area contributed by atoms with Crippen molar-refractivity contribution >= 4 is 32.6 Å². The van der Waals surface area contributed by atoms with E-state index in [1.165, 1.54) is 16.7 Å². The molecule has 0 spiro atoms. The minimum absolute atomic E-state index is 0.139. The number of morpholine rings is 1. The number of aromatic nitrogens is 1. The molecule has 1 amide bonds. The van der Waals surface area contributed by atoms with E-state index in [0.29, 0.717) is 13.0 Å². The molecule has 158 valence electrons. The third-order valence-corrected chi connectivity index (χ3v) is 6.78. The monoisotopic (exact) mass is 423 g/mol. The Kier molecular flexibility index (Phi) is 6.77.